The Morgan fingerprint density at radius 3 is 2.20 bits per heavy atom. The van der Waals surface area contributed by atoms with Gasteiger partial charge in [0.05, 0.1) is 13.2 Å². The smallest absolute Gasteiger partial charge is 0.0589 e. The van der Waals surface area contributed by atoms with Crippen LogP contribution in [0.3, 0.4) is 0 Å². The number of nitrogens with two attached hydrogens (primary N) is 1. The van der Waals surface area contributed by atoms with Crippen LogP contribution in [0.1, 0.15) is 12.0 Å². The Morgan fingerprint density at radius 2 is 1.65 bits per heavy atom. The van der Waals surface area contributed by atoms with Crippen molar-refractivity contribution in [2.24, 2.45) is 5.73 Å². The maximum absolute atomic E-state index is 6.24. The zero-order chi connectivity index (χ0) is 14.6. The van der Waals surface area contributed by atoms with Crippen LogP contribution in [0.4, 0.5) is 0 Å². The highest BCUT2D eigenvalue weighted by molar-refractivity contribution is 5.14. The van der Waals surface area contributed by atoms with Gasteiger partial charge >= 0.3 is 0 Å². The first-order valence-electron chi connectivity index (χ1n) is 7.26. The van der Waals surface area contributed by atoms with Crippen molar-refractivity contribution in [3.05, 3.63) is 35.9 Å². The third kappa shape index (κ3) is 7.60. The second kappa shape index (κ2) is 10.8. The molecule has 114 valence electrons. The first kappa shape index (κ1) is 17.1. The first-order chi connectivity index (χ1) is 9.76. The number of ether oxygens (including phenoxy) is 2. The van der Waals surface area contributed by atoms with E-state index in [1.807, 2.05) is 6.07 Å². The van der Waals surface area contributed by atoms with E-state index < -0.39 is 0 Å². The molecule has 1 aromatic carbocycles. The number of hydrogen-bond donors (Lipinski definition) is 1. The van der Waals surface area contributed by atoms with E-state index in [2.05, 4.69) is 29.2 Å². The highest BCUT2D eigenvalue weighted by atomic mass is 16.5. The van der Waals surface area contributed by atoms with E-state index in [1.165, 1.54) is 5.56 Å². The maximum Gasteiger partial charge on any atom is 0.0589 e. The van der Waals surface area contributed by atoms with E-state index in [0.717, 1.165) is 45.7 Å². The van der Waals surface area contributed by atoms with Gasteiger partial charge in [0.2, 0.25) is 0 Å². The zero-order valence-electron chi connectivity index (χ0n) is 12.8. The Balaban J connectivity index is 2.30. The van der Waals surface area contributed by atoms with Gasteiger partial charge in [0.25, 0.3) is 0 Å². The Hall–Kier alpha value is -0.940. The number of benzene rings is 1. The quantitative estimate of drug-likeness (QED) is 0.668. The predicted molar refractivity (Wildman–Crippen MR) is 82.9 cm³/mol. The standard InChI is InChI=1S/C16H28N2O2/c1-19-12-10-18(11-13-20-2)14-16(17)9-8-15-6-4-3-5-7-15/h3-7,16H,8-14,17H2,1-2H3. The highest BCUT2D eigenvalue weighted by Crippen LogP contribution is 2.05. The van der Waals surface area contributed by atoms with E-state index in [4.69, 9.17) is 15.2 Å². The summed E-state index contributed by atoms with van der Waals surface area (Å²) in [6.07, 6.45) is 2.03. The number of aryl methyl sites for hydroxylation is 1. The molecule has 0 aliphatic carbocycles. The van der Waals surface area contributed by atoms with E-state index >= 15 is 0 Å². The summed E-state index contributed by atoms with van der Waals surface area (Å²) in [6.45, 7) is 4.15. The van der Waals surface area contributed by atoms with E-state index in [9.17, 15) is 0 Å². The Bertz CT molecular complexity index is 325. The number of hydrogen-bond acceptors (Lipinski definition) is 4. The molecule has 0 heterocycles. The fraction of sp³-hybridized carbons (Fsp3) is 0.625. The van der Waals surface area contributed by atoms with Gasteiger partial charge in [-0.1, -0.05) is 30.3 Å². The number of nitrogens with zero attached hydrogens (tertiary/aromatic N) is 1. The lowest BCUT2D eigenvalue weighted by atomic mass is 10.1. The second-order valence-corrected chi connectivity index (χ2v) is 5.07. The van der Waals surface area contributed by atoms with Crippen molar-refractivity contribution in [1.82, 2.24) is 4.90 Å². The lowest BCUT2D eigenvalue weighted by molar-refractivity contribution is 0.110. The molecule has 0 bridgehead atoms. The summed E-state index contributed by atoms with van der Waals surface area (Å²) >= 11 is 0. The predicted octanol–water partition coefficient (Wildman–Crippen LogP) is 1.54. The average molecular weight is 280 g/mol. The lowest BCUT2D eigenvalue weighted by Gasteiger charge is -2.25. The minimum Gasteiger partial charge on any atom is -0.383 e. The molecule has 0 aromatic heterocycles. The van der Waals surface area contributed by atoms with Crippen LogP contribution in [-0.4, -0.2) is 58.0 Å². The van der Waals surface area contributed by atoms with Crippen molar-refractivity contribution in [3.63, 3.8) is 0 Å². The highest BCUT2D eigenvalue weighted by Gasteiger charge is 2.10. The second-order valence-electron chi connectivity index (χ2n) is 5.07. The molecular weight excluding hydrogens is 252 g/mol. The van der Waals surface area contributed by atoms with Gasteiger partial charge in [-0.15, -0.1) is 0 Å². The van der Waals surface area contributed by atoms with Gasteiger partial charge in [-0.05, 0) is 18.4 Å². The van der Waals surface area contributed by atoms with Crippen LogP contribution in [0, 0.1) is 0 Å². The fourth-order valence-corrected chi connectivity index (χ4v) is 2.15. The Kier molecular flexibility index (Phi) is 9.24. The van der Waals surface area contributed by atoms with Crippen LogP contribution in [0.25, 0.3) is 0 Å². The molecule has 0 amide bonds. The molecule has 0 fully saturated rings. The fourth-order valence-electron chi connectivity index (χ4n) is 2.15. The number of methoxy groups -OCH3 is 2. The van der Waals surface area contributed by atoms with Crippen LogP contribution in [0.5, 0.6) is 0 Å². The molecular formula is C16H28N2O2. The van der Waals surface area contributed by atoms with Gasteiger partial charge in [-0.3, -0.25) is 4.90 Å². The van der Waals surface area contributed by atoms with Crippen LogP contribution in [0.15, 0.2) is 30.3 Å². The summed E-state index contributed by atoms with van der Waals surface area (Å²) < 4.78 is 10.3. The summed E-state index contributed by atoms with van der Waals surface area (Å²) in [4.78, 5) is 2.31. The SMILES string of the molecule is COCCN(CCOC)CC(N)CCc1ccccc1. The molecule has 20 heavy (non-hydrogen) atoms. The summed E-state index contributed by atoms with van der Waals surface area (Å²) in [5, 5.41) is 0. The first-order valence-corrected chi connectivity index (χ1v) is 7.26. The number of rotatable bonds is 11. The minimum absolute atomic E-state index is 0.184. The largest absolute Gasteiger partial charge is 0.383 e. The van der Waals surface area contributed by atoms with Crippen molar-refractivity contribution < 1.29 is 9.47 Å². The zero-order valence-corrected chi connectivity index (χ0v) is 12.8. The topological polar surface area (TPSA) is 47.7 Å². The lowest BCUT2D eigenvalue weighted by Crippen LogP contribution is -2.41. The molecule has 1 atom stereocenters. The molecule has 4 nitrogen and oxygen atoms in total. The molecule has 2 N–H and O–H groups in total. The summed E-state index contributed by atoms with van der Waals surface area (Å²) in [6, 6.07) is 10.7. The molecule has 0 aliphatic heterocycles. The average Bonchev–Trinajstić information content (AvgIpc) is 2.49. The maximum atomic E-state index is 6.24. The molecule has 4 heteroatoms. The van der Waals surface area contributed by atoms with Gasteiger partial charge in [0.1, 0.15) is 0 Å². The van der Waals surface area contributed by atoms with E-state index in [0.29, 0.717) is 0 Å². The van der Waals surface area contributed by atoms with Crippen molar-refractivity contribution in [1.29, 1.82) is 0 Å². The molecule has 0 saturated heterocycles. The van der Waals surface area contributed by atoms with Crippen molar-refractivity contribution in [2.45, 2.75) is 18.9 Å². The molecule has 0 radical (unpaired) electrons. The monoisotopic (exact) mass is 280 g/mol. The van der Waals surface area contributed by atoms with E-state index in [1.54, 1.807) is 14.2 Å². The van der Waals surface area contributed by atoms with Crippen molar-refractivity contribution in [3.8, 4) is 0 Å². The van der Waals surface area contributed by atoms with Crippen molar-refractivity contribution in [2.75, 3.05) is 47.1 Å². The van der Waals surface area contributed by atoms with E-state index in [-0.39, 0.29) is 6.04 Å². The van der Waals surface area contributed by atoms with Crippen LogP contribution in [0.2, 0.25) is 0 Å². The molecule has 0 spiro atoms. The van der Waals surface area contributed by atoms with Crippen LogP contribution >= 0.6 is 0 Å². The third-order valence-corrected chi connectivity index (χ3v) is 3.36. The molecule has 1 rings (SSSR count). The van der Waals surface area contributed by atoms with Gasteiger partial charge < -0.3 is 15.2 Å². The van der Waals surface area contributed by atoms with Crippen molar-refractivity contribution >= 4 is 0 Å². The Labute approximate surface area is 122 Å². The minimum atomic E-state index is 0.184. The van der Waals surface area contributed by atoms with Gasteiger partial charge in [-0.2, -0.15) is 0 Å². The van der Waals surface area contributed by atoms with Crippen LogP contribution in [-0.2, 0) is 15.9 Å². The summed E-state index contributed by atoms with van der Waals surface area (Å²) in [7, 11) is 3.45. The molecule has 1 unspecified atom stereocenters. The summed E-state index contributed by atoms with van der Waals surface area (Å²) in [5.41, 5.74) is 7.59. The normalized spacial score (nSPS) is 12.8. The summed E-state index contributed by atoms with van der Waals surface area (Å²) in [5.74, 6) is 0. The Morgan fingerprint density at radius 1 is 1.05 bits per heavy atom. The molecule has 0 aliphatic rings. The van der Waals surface area contributed by atoms with Gasteiger partial charge in [-0.25, -0.2) is 0 Å². The van der Waals surface area contributed by atoms with Gasteiger partial charge in [0.15, 0.2) is 0 Å². The third-order valence-electron chi connectivity index (χ3n) is 3.36. The molecule has 0 saturated carbocycles. The molecule has 1 aromatic rings. The van der Waals surface area contributed by atoms with Gasteiger partial charge in [0, 0.05) is 39.9 Å². The van der Waals surface area contributed by atoms with Crippen LogP contribution < -0.4 is 5.73 Å².